The van der Waals surface area contributed by atoms with Gasteiger partial charge in [-0.25, -0.2) is 0 Å². The zero-order valence-electron chi connectivity index (χ0n) is 16.8. The molecule has 0 saturated carbocycles. The Morgan fingerprint density at radius 1 is 1.13 bits per heavy atom. The molecule has 0 spiro atoms. The van der Waals surface area contributed by atoms with Crippen molar-refractivity contribution in [3.63, 3.8) is 0 Å². The molecule has 0 aliphatic carbocycles. The molecule has 2 heterocycles. The molecule has 1 unspecified atom stereocenters. The second-order valence-corrected chi connectivity index (χ2v) is 8.77. The van der Waals surface area contributed by atoms with E-state index in [2.05, 4.69) is 37.9 Å². The van der Waals surface area contributed by atoms with Crippen molar-refractivity contribution < 1.29 is 9.32 Å². The molecule has 1 amide bonds. The van der Waals surface area contributed by atoms with E-state index < -0.39 is 0 Å². The SMILES string of the molecule is Cc1ccc(-c2noc(C(C)N3CCN(C(=O)c4cc(Br)ccc4Cl)CC3)n2)cc1. The van der Waals surface area contributed by atoms with Gasteiger partial charge in [0.15, 0.2) is 0 Å². The van der Waals surface area contributed by atoms with Crippen LogP contribution in [0.3, 0.4) is 0 Å². The number of hydrogen-bond donors (Lipinski definition) is 0. The summed E-state index contributed by atoms with van der Waals surface area (Å²) >= 11 is 9.63. The van der Waals surface area contributed by atoms with Gasteiger partial charge in [-0.05, 0) is 32.0 Å². The van der Waals surface area contributed by atoms with Crippen LogP contribution in [0.15, 0.2) is 51.5 Å². The molecule has 1 aliphatic rings. The van der Waals surface area contributed by atoms with E-state index in [9.17, 15) is 4.79 Å². The Morgan fingerprint density at radius 2 is 1.83 bits per heavy atom. The van der Waals surface area contributed by atoms with Gasteiger partial charge in [-0.2, -0.15) is 4.98 Å². The van der Waals surface area contributed by atoms with E-state index >= 15 is 0 Å². The van der Waals surface area contributed by atoms with Crippen LogP contribution in [-0.4, -0.2) is 52.0 Å². The molecule has 1 aliphatic heterocycles. The van der Waals surface area contributed by atoms with Crippen LogP contribution in [0.1, 0.15) is 34.8 Å². The summed E-state index contributed by atoms with van der Waals surface area (Å²) in [6.07, 6.45) is 0. The number of nitrogens with zero attached hydrogens (tertiary/aromatic N) is 4. The van der Waals surface area contributed by atoms with Crippen LogP contribution in [0.4, 0.5) is 0 Å². The fourth-order valence-corrected chi connectivity index (χ4v) is 4.08. The van der Waals surface area contributed by atoms with E-state index in [0.29, 0.717) is 35.4 Å². The highest BCUT2D eigenvalue weighted by Gasteiger charge is 2.29. The first-order valence-electron chi connectivity index (χ1n) is 9.81. The highest BCUT2D eigenvalue weighted by Crippen LogP contribution is 2.26. The van der Waals surface area contributed by atoms with E-state index in [0.717, 1.165) is 23.1 Å². The zero-order chi connectivity index (χ0) is 21.3. The minimum atomic E-state index is -0.0481. The largest absolute Gasteiger partial charge is 0.337 e. The number of aromatic nitrogens is 2. The molecule has 1 fully saturated rings. The van der Waals surface area contributed by atoms with Gasteiger partial charge in [-0.1, -0.05) is 62.5 Å². The van der Waals surface area contributed by atoms with E-state index in [1.807, 2.05) is 42.2 Å². The van der Waals surface area contributed by atoms with E-state index in [1.54, 1.807) is 12.1 Å². The number of amides is 1. The monoisotopic (exact) mass is 488 g/mol. The molecule has 6 nitrogen and oxygen atoms in total. The smallest absolute Gasteiger partial charge is 0.255 e. The molecule has 0 N–H and O–H groups in total. The maximum atomic E-state index is 12.9. The Bertz CT molecular complexity index is 1050. The molecular weight excluding hydrogens is 468 g/mol. The maximum Gasteiger partial charge on any atom is 0.255 e. The molecule has 8 heteroatoms. The number of hydrogen-bond acceptors (Lipinski definition) is 5. The number of piperazine rings is 1. The number of benzene rings is 2. The van der Waals surface area contributed by atoms with Gasteiger partial charge in [0.05, 0.1) is 16.6 Å². The lowest BCUT2D eigenvalue weighted by molar-refractivity contribution is 0.0551. The second-order valence-electron chi connectivity index (χ2n) is 7.45. The Hall–Kier alpha value is -2.22. The van der Waals surface area contributed by atoms with Crippen molar-refractivity contribution in [2.45, 2.75) is 19.9 Å². The number of carbonyl (C=O) groups excluding carboxylic acids is 1. The molecule has 1 aromatic heterocycles. The summed E-state index contributed by atoms with van der Waals surface area (Å²) in [5, 5.41) is 4.60. The standard InChI is InChI=1S/C22H22BrClN4O2/c1-14-3-5-16(6-4-14)20-25-21(30-26-20)15(2)27-9-11-28(12-10-27)22(29)18-13-17(23)7-8-19(18)24/h3-8,13,15H,9-12H2,1-2H3. The van der Waals surface area contributed by atoms with Gasteiger partial charge in [0.25, 0.3) is 5.91 Å². The summed E-state index contributed by atoms with van der Waals surface area (Å²) in [4.78, 5) is 21.5. The summed E-state index contributed by atoms with van der Waals surface area (Å²) in [5.41, 5.74) is 2.64. The van der Waals surface area contributed by atoms with Gasteiger partial charge in [0, 0.05) is 36.2 Å². The molecule has 1 atom stereocenters. The molecule has 3 aromatic rings. The third kappa shape index (κ3) is 4.43. The first kappa shape index (κ1) is 21.0. The lowest BCUT2D eigenvalue weighted by Gasteiger charge is -2.37. The Labute approximate surface area is 188 Å². The average Bonchev–Trinajstić information content (AvgIpc) is 3.25. The summed E-state index contributed by atoms with van der Waals surface area (Å²) in [7, 11) is 0. The van der Waals surface area contributed by atoms with E-state index in [4.69, 9.17) is 16.1 Å². The third-order valence-electron chi connectivity index (χ3n) is 5.42. The molecular formula is C22H22BrClN4O2. The Morgan fingerprint density at radius 3 is 2.53 bits per heavy atom. The van der Waals surface area contributed by atoms with Crippen molar-refractivity contribution in [1.82, 2.24) is 19.9 Å². The van der Waals surface area contributed by atoms with Crippen molar-refractivity contribution >= 4 is 33.4 Å². The van der Waals surface area contributed by atoms with Crippen LogP contribution in [0.5, 0.6) is 0 Å². The van der Waals surface area contributed by atoms with Crippen molar-refractivity contribution in [2.24, 2.45) is 0 Å². The van der Waals surface area contributed by atoms with E-state index in [-0.39, 0.29) is 11.9 Å². The lowest BCUT2D eigenvalue weighted by Crippen LogP contribution is -2.49. The summed E-state index contributed by atoms with van der Waals surface area (Å²) < 4.78 is 6.37. The first-order valence-corrected chi connectivity index (χ1v) is 11.0. The molecule has 30 heavy (non-hydrogen) atoms. The molecule has 0 bridgehead atoms. The van der Waals surface area contributed by atoms with Crippen LogP contribution >= 0.6 is 27.5 Å². The number of aryl methyl sites for hydroxylation is 1. The topological polar surface area (TPSA) is 62.5 Å². The van der Waals surface area contributed by atoms with Gasteiger partial charge >= 0.3 is 0 Å². The molecule has 4 rings (SSSR count). The number of rotatable bonds is 4. The fourth-order valence-electron chi connectivity index (χ4n) is 3.53. The highest BCUT2D eigenvalue weighted by molar-refractivity contribution is 9.10. The Kier molecular flexibility index (Phi) is 6.22. The van der Waals surface area contributed by atoms with Crippen LogP contribution < -0.4 is 0 Å². The van der Waals surface area contributed by atoms with Gasteiger partial charge in [0.2, 0.25) is 11.7 Å². The van der Waals surface area contributed by atoms with E-state index in [1.165, 1.54) is 5.56 Å². The maximum absolute atomic E-state index is 12.9. The molecule has 0 radical (unpaired) electrons. The van der Waals surface area contributed by atoms with Crippen LogP contribution in [-0.2, 0) is 0 Å². The van der Waals surface area contributed by atoms with Gasteiger partial charge in [0.1, 0.15) is 0 Å². The van der Waals surface area contributed by atoms with Crippen LogP contribution in [0.2, 0.25) is 5.02 Å². The predicted molar refractivity (Wildman–Crippen MR) is 120 cm³/mol. The highest BCUT2D eigenvalue weighted by atomic mass is 79.9. The van der Waals surface area contributed by atoms with Gasteiger partial charge in [-0.15, -0.1) is 0 Å². The van der Waals surface area contributed by atoms with Gasteiger partial charge < -0.3 is 9.42 Å². The zero-order valence-corrected chi connectivity index (χ0v) is 19.2. The lowest BCUT2D eigenvalue weighted by atomic mass is 10.1. The Balaban J connectivity index is 1.40. The number of carbonyl (C=O) groups is 1. The third-order valence-corrected chi connectivity index (χ3v) is 6.24. The summed E-state index contributed by atoms with van der Waals surface area (Å²) in [5.74, 6) is 1.13. The second kappa shape index (κ2) is 8.88. The fraction of sp³-hybridized carbons (Fsp3) is 0.318. The summed E-state index contributed by atoms with van der Waals surface area (Å²) in [6, 6.07) is 13.4. The van der Waals surface area contributed by atoms with Crippen molar-refractivity contribution in [2.75, 3.05) is 26.2 Å². The predicted octanol–water partition coefficient (Wildman–Crippen LogP) is 4.98. The first-order chi connectivity index (χ1) is 14.4. The normalized spacial score (nSPS) is 15.9. The quantitative estimate of drug-likeness (QED) is 0.517. The molecule has 2 aromatic carbocycles. The van der Waals surface area contributed by atoms with Crippen LogP contribution in [0, 0.1) is 6.92 Å². The molecule has 156 valence electrons. The number of halogens is 2. The van der Waals surface area contributed by atoms with Crippen molar-refractivity contribution in [3.8, 4) is 11.4 Å². The minimum Gasteiger partial charge on any atom is -0.337 e. The van der Waals surface area contributed by atoms with Crippen LogP contribution in [0.25, 0.3) is 11.4 Å². The minimum absolute atomic E-state index is 0.0246. The average molecular weight is 490 g/mol. The van der Waals surface area contributed by atoms with Crippen molar-refractivity contribution in [3.05, 3.63) is 69.0 Å². The van der Waals surface area contributed by atoms with Crippen molar-refractivity contribution in [1.29, 1.82) is 0 Å². The molecule has 1 saturated heterocycles. The van der Waals surface area contributed by atoms with Gasteiger partial charge in [-0.3, -0.25) is 9.69 Å². The summed E-state index contributed by atoms with van der Waals surface area (Å²) in [6.45, 7) is 6.77.